The maximum Gasteiger partial charge on any atom is 0.271 e. The smallest absolute Gasteiger partial charge is 0.271 e. The number of sulfonamides is 1. The molecule has 0 fully saturated rings. The van der Waals surface area contributed by atoms with E-state index in [-0.39, 0.29) is 17.3 Å². The molecule has 0 unspecified atom stereocenters. The highest BCUT2D eigenvalue weighted by Crippen LogP contribution is 2.32. The van der Waals surface area contributed by atoms with Crippen LogP contribution in [-0.2, 0) is 17.1 Å². The van der Waals surface area contributed by atoms with E-state index in [1.165, 1.54) is 23.9 Å². The van der Waals surface area contributed by atoms with Crippen LogP contribution in [-0.4, -0.2) is 41.1 Å². The molecule has 0 aliphatic heterocycles. The fourth-order valence-corrected chi connectivity index (χ4v) is 4.03. The summed E-state index contributed by atoms with van der Waals surface area (Å²) in [5.41, 5.74) is -1.13. The van der Waals surface area contributed by atoms with Crippen LogP contribution in [0.2, 0.25) is 0 Å². The Morgan fingerprint density at radius 3 is 2.53 bits per heavy atom. The number of benzene rings is 1. The summed E-state index contributed by atoms with van der Waals surface area (Å²) in [6.45, 7) is 7.32. The third kappa shape index (κ3) is 5.76. The van der Waals surface area contributed by atoms with Crippen LogP contribution in [0, 0.1) is 10.1 Å². The molecule has 0 radical (unpaired) electrons. The Hall–Kier alpha value is -2.99. The van der Waals surface area contributed by atoms with Crippen molar-refractivity contribution in [1.29, 1.82) is 0 Å². The van der Waals surface area contributed by atoms with Gasteiger partial charge >= 0.3 is 0 Å². The lowest BCUT2D eigenvalue weighted by Crippen LogP contribution is -2.40. The van der Waals surface area contributed by atoms with E-state index >= 15 is 0 Å². The summed E-state index contributed by atoms with van der Waals surface area (Å²) >= 11 is 0. The van der Waals surface area contributed by atoms with Gasteiger partial charge in [0.25, 0.3) is 11.6 Å². The van der Waals surface area contributed by atoms with Gasteiger partial charge in [-0.25, -0.2) is 17.8 Å². The SMILES string of the molecule is CCCNC(=O)c1cc(Oc2ccc([N+](=O)[O-])cc2S(=O)(=O)NC(C)(C)C)n(C)n1. The molecule has 0 saturated carbocycles. The quantitative estimate of drug-likeness (QED) is 0.474. The molecule has 164 valence electrons. The number of hydrogen-bond donors (Lipinski definition) is 2. The number of nitrogens with zero attached hydrogens (tertiary/aromatic N) is 3. The number of nitrogens with one attached hydrogen (secondary N) is 2. The van der Waals surface area contributed by atoms with Crippen LogP contribution in [0.15, 0.2) is 29.2 Å². The number of ether oxygens (including phenoxy) is 1. The van der Waals surface area contributed by atoms with Crippen LogP contribution in [0.25, 0.3) is 0 Å². The molecule has 11 nitrogen and oxygen atoms in total. The van der Waals surface area contributed by atoms with Crippen LogP contribution in [0.4, 0.5) is 5.69 Å². The number of aromatic nitrogens is 2. The van der Waals surface area contributed by atoms with E-state index in [0.29, 0.717) is 6.54 Å². The molecule has 1 aromatic heterocycles. The van der Waals surface area contributed by atoms with Gasteiger partial charge in [-0.15, -0.1) is 0 Å². The van der Waals surface area contributed by atoms with Gasteiger partial charge in [0.15, 0.2) is 5.69 Å². The maximum atomic E-state index is 12.9. The van der Waals surface area contributed by atoms with E-state index in [4.69, 9.17) is 4.74 Å². The number of carbonyl (C=O) groups is 1. The van der Waals surface area contributed by atoms with Gasteiger partial charge < -0.3 is 10.1 Å². The minimum atomic E-state index is -4.15. The van der Waals surface area contributed by atoms with Crippen molar-refractivity contribution in [3.63, 3.8) is 0 Å². The van der Waals surface area contributed by atoms with Gasteiger partial charge in [-0.05, 0) is 33.3 Å². The Balaban J connectivity index is 2.46. The number of nitro benzene ring substituents is 1. The summed E-state index contributed by atoms with van der Waals surface area (Å²) < 4.78 is 35.1. The van der Waals surface area contributed by atoms with E-state index < -0.39 is 37.0 Å². The summed E-state index contributed by atoms with van der Waals surface area (Å²) in [6.07, 6.45) is 0.757. The van der Waals surface area contributed by atoms with Crippen molar-refractivity contribution in [2.75, 3.05) is 6.54 Å². The van der Waals surface area contributed by atoms with Crippen molar-refractivity contribution in [3.8, 4) is 11.6 Å². The topological polar surface area (TPSA) is 145 Å². The molecule has 0 atom stereocenters. The number of amides is 1. The zero-order valence-electron chi connectivity index (χ0n) is 17.4. The molecule has 0 spiro atoms. The van der Waals surface area contributed by atoms with E-state index in [2.05, 4.69) is 15.1 Å². The second kappa shape index (κ2) is 8.79. The van der Waals surface area contributed by atoms with Crippen molar-refractivity contribution in [1.82, 2.24) is 19.8 Å². The molecule has 0 bridgehead atoms. The molecule has 0 saturated heterocycles. The third-order valence-electron chi connectivity index (χ3n) is 3.69. The standard InChI is InChI=1S/C18H25N5O6S/c1-6-9-19-17(24)13-11-16(22(5)20-13)29-14-8-7-12(23(25)26)10-15(14)30(27,28)21-18(2,3)4/h7-8,10-11,21H,6,9H2,1-5H3,(H,19,24). The normalized spacial score (nSPS) is 11.9. The van der Waals surface area contributed by atoms with Gasteiger partial charge in [-0.2, -0.15) is 5.10 Å². The zero-order valence-corrected chi connectivity index (χ0v) is 18.2. The third-order valence-corrected chi connectivity index (χ3v) is 5.47. The van der Waals surface area contributed by atoms with Crippen LogP contribution in [0.5, 0.6) is 11.6 Å². The van der Waals surface area contributed by atoms with Crippen molar-refractivity contribution >= 4 is 21.6 Å². The molecule has 1 amide bonds. The van der Waals surface area contributed by atoms with Crippen molar-refractivity contribution in [2.45, 2.75) is 44.6 Å². The molecule has 0 aliphatic carbocycles. The van der Waals surface area contributed by atoms with Crippen molar-refractivity contribution in [2.24, 2.45) is 7.05 Å². The predicted molar refractivity (Wildman–Crippen MR) is 109 cm³/mol. The number of carbonyl (C=O) groups excluding carboxylic acids is 1. The fraction of sp³-hybridized carbons (Fsp3) is 0.444. The van der Waals surface area contributed by atoms with E-state index in [0.717, 1.165) is 18.6 Å². The Kier molecular flexibility index (Phi) is 6.83. The second-order valence-corrected chi connectivity index (χ2v) is 9.24. The Bertz CT molecular complexity index is 1060. The molecule has 2 aromatic rings. The molecular weight excluding hydrogens is 414 g/mol. The average Bonchev–Trinajstić information content (AvgIpc) is 2.98. The summed E-state index contributed by atoms with van der Waals surface area (Å²) in [4.78, 5) is 22.2. The summed E-state index contributed by atoms with van der Waals surface area (Å²) in [5.74, 6) is -0.438. The number of nitro groups is 1. The second-order valence-electron chi connectivity index (χ2n) is 7.59. The zero-order chi connectivity index (χ0) is 22.7. The molecule has 30 heavy (non-hydrogen) atoms. The molecule has 1 aromatic carbocycles. The number of non-ortho nitro benzene ring substituents is 1. The van der Waals surface area contributed by atoms with Crippen molar-refractivity contribution < 1.29 is 22.9 Å². The molecular formula is C18H25N5O6S. The number of rotatable bonds is 8. The largest absolute Gasteiger partial charge is 0.438 e. The van der Waals surface area contributed by atoms with Gasteiger partial charge in [0.1, 0.15) is 10.6 Å². The lowest BCUT2D eigenvalue weighted by atomic mass is 10.1. The highest BCUT2D eigenvalue weighted by molar-refractivity contribution is 7.89. The summed E-state index contributed by atoms with van der Waals surface area (Å²) in [6, 6.07) is 4.62. The van der Waals surface area contributed by atoms with Crippen LogP contribution >= 0.6 is 0 Å². The van der Waals surface area contributed by atoms with Crippen LogP contribution < -0.4 is 14.8 Å². The lowest BCUT2D eigenvalue weighted by Gasteiger charge is -2.21. The number of hydrogen-bond acceptors (Lipinski definition) is 7. The number of aryl methyl sites for hydroxylation is 1. The Morgan fingerprint density at radius 2 is 1.97 bits per heavy atom. The van der Waals surface area contributed by atoms with Gasteiger partial charge in [-0.3, -0.25) is 14.9 Å². The monoisotopic (exact) mass is 439 g/mol. The molecule has 0 aliphatic rings. The Labute approximate surface area is 174 Å². The summed E-state index contributed by atoms with van der Waals surface area (Å²) in [7, 11) is -2.62. The maximum absolute atomic E-state index is 12.9. The van der Waals surface area contributed by atoms with Crippen molar-refractivity contribution in [3.05, 3.63) is 40.1 Å². The van der Waals surface area contributed by atoms with Crippen LogP contribution in [0.1, 0.15) is 44.6 Å². The first kappa shape index (κ1) is 23.3. The van der Waals surface area contributed by atoms with Gasteiger partial charge in [0, 0.05) is 37.3 Å². The predicted octanol–water partition coefficient (Wildman–Crippen LogP) is 2.34. The first-order valence-corrected chi connectivity index (χ1v) is 10.6. The van der Waals surface area contributed by atoms with Gasteiger partial charge in [0.05, 0.1) is 4.92 Å². The molecule has 1 heterocycles. The van der Waals surface area contributed by atoms with Gasteiger partial charge in [-0.1, -0.05) is 6.92 Å². The lowest BCUT2D eigenvalue weighted by molar-refractivity contribution is -0.385. The van der Waals surface area contributed by atoms with E-state index in [1.54, 1.807) is 20.8 Å². The molecule has 12 heteroatoms. The fourth-order valence-electron chi connectivity index (χ4n) is 2.46. The first-order valence-electron chi connectivity index (χ1n) is 9.16. The molecule has 2 rings (SSSR count). The minimum absolute atomic E-state index is 0.0951. The Morgan fingerprint density at radius 1 is 1.30 bits per heavy atom. The van der Waals surface area contributed by atoms with Crippen LogP contribution in [0.3, 0.4) is 0 Å². The van der Waals surface area contributed by atoms with E-state index in [1.807, 2.05) is 6.92 Å². The van der Waals surface area contributed by atoms with E-state index in [9.17, 15) is 23.3 Å². The highest BCUT2D eigenvalue weighted by atomic mass is 32.2. The molecule has 2 N–H and O–H groups in total. The summed E-state index contributed by atoms with van der Waals surface area (Å²) in [5, 5.41) is 17.9. The first-order chi connectivity index (χ1) is 13.8. The van der Waals surface area contributed by atoms with Gasteiger partial charge in [0.2, 0.25) is 15.9 Å². The average molecular weight is 439 g/mol. The minimum Gasteiger partial charge on any atom is -0.438 e. The highest BCUT2D eigenvalue weighted by Gasteiger charge is 2.28.